The minimum absolute atomic E-state index is 0.0885. The second-order valence-corrected chi connectivity index (χ2v) is 6.32. The molecule has 3 nitrogen and oxygen atoms in total. The number of piperidine rings is 1. The fourth-order valence-corrected chi connectivity index (χ4v) is 2.41. The quantitative estimate of drug-likeness (QED) is 0.818. The van der Waals surface area contributed by atoms with E-state index in [0.29, 0.717) is 18.4 Å². The van der Waals surface area contributed by atoms with E-state index in [1.807, 2.05) is 0 Å². The number of carbonyl (C=O) groups excluding carboxylic acids is 1. The summed E-state index contributed by atoms with van der Waals surface area (Å²) in [5.41, 5.74) is 0.0885. The topological polar surface area (TPSA) is 32.3 Å². The maximum atomic E-state index is 12.3. The molecule has 0 spiro atoms. The Kier molecular flexibility index (Phi) is 5.44. The van der Waals surface area contributed by atoms with Gasteiger partial charge in [0.2, 0.25) is 5.91 Å². The molecular weight excluding hydrogens is 212 g/mol. The van der Waals surface area contributed by atoms with Crippen molar-refractivity contribution in [3.8, 4) is 0 Å². The fraction of sp³-hybridized carbons (Fsp3) is 0.929. The molecule has 1 saturated heterocycles. The average molecular weight is 240 g/mol. The molecule has 1 amide bonds. The van der Waals surface area contributed by atoms with Gasteiger partial charge >= 0.3 is 0 Å². The predicted molar refractivity (Wildman–Crippen MR) is 72.0 cm³/mol. The number of rotatable bonds is 4. The number of nitrogens with zero attached hydrogens (tertiary/aromatic N) is 1. The lowest BCUT2D eigenvalue weighted by molar-refractivity contribution is -0.135. The molecule has 0 aromatic carbocycles. The van der Waals surface area contributed by atoms with E-state index in [1.165, 1.54) is 6.42 Å². The van der Waals surface area contributed by atoms with Crippen LogP contribution in [0.2, 0.25) is 0 Å². The summed E-state index contributed by atoms with van der Waals surface area (Å²) < 4.78 is 0. The van der Waals surface area contributed by atoms with Crippen LogP contribution in [0.3, 0.4) is 0 Å². The van der Waals surface area contributed by atoms with Crippen LogP contribution in [-0.2, 0) is 4.79 Å². The van der Waals surface area contributed by atoms with Gasteiger partial charge in [0.05, 0.1) is 0 Å². The molecule has 0 radical (unpaired) electrons. The molecular formula is C14H28N2O. The van der Waals surface area contributed by atoms with Crippen molar-refractivity contribution in [2.24, 2.45) is 5.41 Å². The normalized spacial score (nSPS) is 21.3. The second kappa shape index (κ2) is 6.39. The van der Waals surface area contributed by atoms with E-state index in [4.69, 9.17) is 0 Å². The first kappa shape index (κ1) is 14.5. The molecule has 1 unspecified atom stereocenters. The molecule has 1 rings (SSSR count). The van der Waals surface area contributed by atoms with Gasteiger partial charge in [0, 0.05) is 25.6 Å². The van der Waals surface area contributed by atoms with E-state index in [9.17, 15) is 4.79 Å². The summed E-state index contributed by atoms with van der Waals surface area (Å²) in [4.78, 5) is 14.5. The Morgan fingerprint density at radius 3 is 2.59 bits per heavy atom. The zero-order valence-electron chi connectivity index (χ0n) is 11.9. The molecule has 1 aliphatic rings. The molecule has 3 heteroatoms. The summed E-state index contributed by atoms with van der Waals surface area (Å²) in [7, 11) is 0. The Labute approximate surface area is 106 Å². The first-order valence-corrected chi connectivity index (χ1v) is 6.94. The predicted octanol–water partition coefficient (Wildman–Crippen LogP) is 2.41. The third-order valence-electron chi connectivity index (χ3n) is 3.18. The molecule has 100 valence electrons. The van der Waals surface area contributed by atoms with Crippen molar-refractivity contribution >= 4 is 5.91 Å². The zero-order chi connectivity index (χ0) is 12.9. The van der Waals surface area contributed by atoms with Gasteiger partial charge in [0.1, 0.15) is 0 Å². The molecule has 17 heavy (non-hydrogen) atoms. The van der Waals surface area contributed by atoms with Gasteiger partial charge < -0.3 is 10.2 Å². The lowest BCUT2D eigenvalue weighted by atomic mass is 9.91. The molecule has 1 atom stereocenters. The van der Waals surface area contributed by atoms with Crippen LogP contribution >= 0.6 is 0 Å². The zero-order valence-corrected chi connectivity index (χ0v) is 11.9. The van der Waals surface area contributed by atoms with Crippen molar-refractivity contribution in [1.29, 1.82) is 0 Å². The molecule has 0 bridgehead atoms. The van der Waals surface area contributed by atoms with Gasteiger partial charge in [-0.2, -0.15) is 0 Å². The Balaban J connectivity index is 2.60. The van der Waals surface area contributed by atoms with Gasteiger partial charge in [-0.1, -0.05) is 27.7 Å². The van der Waals surface area contributed by atoms with Gasteiger partial charge in [0.25, 0.3) is 0 Å². The van der Waals surface area contributed by atoms with E-state index in [0.717, 1.165) is 32.5 Å². The van der Waals surface area contributed by atoms with Crippen LogP contribution in [-0.4, -0.2) is 36.5 Å². The SMILES string of the molecule is CCCN(C(=O)CC(C)(C)C)C1CCCNC1. The highest BCUT2D eigenvalue weighted by atomic mass is 16.2. The van der Waals surface area contributed by atoms with Crippen molar-refractivity contribution in [3.63, 3.8) is 0 Å². The molecule has 0 saturated carbocycles. The summed E-state index contributed by atoms with van der Waals surface area (Å²) in [6.07, 6.45) is 4.05. The first-order chi connectivity index (χ1) is 7.94. The summed E-state index contributed by atoms with van der Waals surface area (Å²) >= 11 is 0. The van der Waals surface area contributed by atoms with Crippen LogP contribution in [0, 0.1) is 5.41 Å². The maximum Gasteiger partial charge on any atom is 0.223 e. The minimum Gasteiger partial charge on any atom is -0.338 e. The highest BCUT2D eigenvalue weighted by Crippen LogP contribution is 2.22. The van der Waals surface area contributed by atoms with Gasteiger partial charge in [-0.3, -0.25) is 4.79 Å². The van der Waals surface area contributed by atoms with E-state index < -0.39 is 0 Å². The van der Waals surface area contributed by atoms with Gasteiger partial charge in [-0.05, 0) is 31.2 Å². The Morgan fingerprint density at radius 2 is 2.12 bits per heavy atom. The largest absolute Gasteiger partial charge is 0.338 e. The third kappa shape index (κ3) is 5.07. The maximum absolute atomic E-state index is 12.3. The van der Waals surface area contributed by atoms with Crippen LogP contribution in [0.25, 0.3) is 0 Å². The van der Waals surface area contributed by atoms with Crippen molar-refractivity contribution in [3.05, 3.63) is 0 Å². The van der Waals surface area contributed by atoms with E-state index in [1.54, 1.807) is 0 Å². The Morgan fingerprint density at radius 1 is 1.41 bits per heavy atom. The first-order valence-electron chi connectivity index (χ1n) is 6.94. The van der Waals surface area contributed by atoms with Crippen LogP contribution in [0.1, 0.15) is 53.4 Å². The Bertz CT molecular complexity index is 239. The van der Waals surface area contributed by atoms with Crippen molar-refractivity contribution in [2.45, 2.75) is 59.4 Å². The lowest BCUT2D eigenvalue weighted by Crippen LogP contribution is -2.49. The average Bonchev–Trinajstić information content (AvgIpc) is 2.24. The number of carbonyl (C=O) groups is 1. The van der Waals surface area contributed by atoms with Crippen molar-refractivity contribution in [1.82, 2.24) is 10.2 Å². The molecule has 0 aromatic heterocycles. The molecule has 1 N–H and O–H groups in total. The van der Waals surface area contributed by atoms with Gasteiger partial charge in [-0.15, -0.1) is 0 Å². The van der Waals surface area contributed by atoms with Crippen molar-refractivity contribution < 1.29 is 4.79 Å². The number of hydrogen-bond acceptors (Lipinski definition) is 2. The summed E-state index contributed by atoms with van der Waals surface area (Å²) in [6.45, 7) is 11.5. The van der Waals surface area contributed by atoms with Crippen LogP contribution in [0.5, 0.6) is 0 Å². The Hall–Kier alpha value is -0.570. The summed E-state index contributed by atoms with van der Waals surface area (Å²) in [6, 6.07) is 0.415. The van der Waals surface area contributed by atoms with Crippen LogP contribution < -0.4 is 5.32 Å². The number of amides is 1. The molecule has 1 fully saturated rings. The van der Waals surface area contributed by atoms with E-state index >= 15 is 0 Å². The number of nitrogens with one attached hydrogen (secondary N) is 1. The number of hydrogen-bond donors (Lipinski definition) is 1. The fourth-order valence-electron chi connectivity index (χ4n) is 2.41. The lowest BCUT2D eigenvalue weighted by Gasteiger charge is -2.36. The monoisotopic (exact) mass is 240 g/mol. The highest BCUT2D eigenvalue weighted by molar-refractivity contribution is 5.77. The molecule has 1 heterocycles. The van der Waals surface area contributed by atoms with E-state index in [-0.39, 0.29) is 5.41 Å². The van der Waals surface area contributed by atoms with Crippen LogP contribution in [0.4, 0.5) is 0 Å². The molecule has 0 aliphatic carbocycles. The molecule has 0 aromatic rings. The van der Waals surface area contributed by atoms with E-state index in [2.05, 4.69) is 37.9 Å². The standard InChI is InChI=1S/C14H28N2O/c1-5-9-16(12-7-6-8-15-11-12)13(17)10-14(2,3)4/h12,15H,5-11H2,1-4H3. The minimum atomic E-state index is 0.0885. The summed E-state index contributed by atoms with van der Waals surface area (Å²) in [5, 5.41) is 3.40. The highest BCUT2D eigenvalue weighted by Gasteiger charge is 2.27. The van der Waals surface area contributed by atoms with Gasteiger partial charge in [-0.25, -0.2) is 0 Å². The summed E-state index contributed by atoms with van der Waals surface area (Å²) in [5.74, 6) is 0.327. The van der Waals surface area contributed by atoms with Gasteiger partial charge in [0.15, 0.2) is 0 Å². The van der Waals surface area contributed by atoms with Crippen molar-refractivity contribution in [2.75, 3.05) is 19.6 Å². The second-order valence-electron chi connectivity index (χ2n) is 6.32. The van der Waals surface area contributed by atoms with Crippen LogP contribution in [0.15, 0.2) is 0 Å². The molecule has 1 aliphatic heterocycles. The third-order valence-corrected chi connectivity index (χ3v) is 3.18. The smallest absolute Gasteiger partial charge is 0.223 e.